The van der Waals surface area contributed by atoms with Crippen LogP contribution in [0.25, 0.3) is 16.6 Å². The maximum atomic E-state index is 12.7. The lowest BCUT2D eigenvalue weighted by Crippen LogP contribution is -2.12. The van der Waals surface area contributed by atoms with Crippen LogP contribution in [0.15, 0.2) is 67.5 Å². The topological polar surface area (TPSA) is 72.7 Å². The van der Waals surface area contributed by atoms with Crippen LogP contribution in [0.2, 0.25) is 0 Å². The fourth-order valence-electron chi connectivity index (χ4n) is 2.76. The summed E-state index contributed by atoms with van der Waals surface area (Å²) in [6.45, 7) is 0. The highest BCUT2D eigenvalue weighted by atomic mass is 19.4. The normalized spacial score (nSPS) is 11.5. The second-order valence-electron chi connectivity index (χ2n) is 5.94. The van der Waals surface area contributed by atoms with Crippen LogP contribution in [-0.4, -0.2) is 25.4 Å². The van der Waals surface area contributed by atoms with Crippen LogP contribution in [0.3, 0.4) is 0 Å². The molecule has 0 bridgehead atoms. The van der Waals surface area contributed by atoms with Gasteiger partial charge in [-0.1, -0.05) is 0 Å². The number of pyridine rings is 1. The number of hydrogen-bond donors (Lipinski definition) is 1. The van der Waals surface area contributed by atoms with Gasteiger partial charge in [-0.3, -0.25) is 4.79 Å². The summed E-state index contributed by atoms with van der Waals surface area (Å²) < 4.78 is 39.7. The number of aromatic nitrogens is 4. The van der Waals surface area contributed by atoms with Crippen LogP contribution in [0.4, 0.5) is 18.9 Å². The Hall–Kier alpha value is -3.75. The van der Waals surface area contributed by atoms with E-state index in [9.17, 15) is 18.0 Å². The minimum absolute atomic E-state index is 0.330. The van der Waals surface area contributed by atoms with Crippen LogP contribution < -0.4 is 5.32 Å². The number of carbonyl (C=O) groups excluding carboxylic acids is 1. The SMILES string of the molecule is O=C(Nc1ccc2c(ccn2-c2ccc(C(F)(F)F)nc2)c1)c1cncnc1. The van der Waals surface area contributed by atoms with Gasteiger partial charge < -0.3 is 9.88 Å². The predicted molar refractivity (Wildman–Crippen MR) is 96.1 cm³/mol. The average molecular weight is 383 g/mol. The summed E-state index contributed by atoms with van der Waals surface area (Å²) in [6, 6.07) is 9.35. The minimum Gasteiger partial charge on any atom is -0.322 e. The number of anilines is 1. The molecule has 140 valence electrons. The van der Waals surface area contributed by atoms with Gasteiger partial charge in [0, 0.05) is 29.7 Å². The van der Waals surface area contributed by atoms with Gasteiger partial charge in [0.05, 0.1) is 23.0 Å². The zero-order valence-electron chi connectivity index (χ0n) is 14.2. The van der Waals surface area contributed by atoms with Gasteiger partial charge in [0.1, 0.15) is 12.0 Å². The Bertz CT molecular complexity index is 1140. The Morgan fingerprint density at radius 1 is 1.00 bits per heavy atom. The van der Waals surface area contributed by atoms with Gasteiger partial charge in [0.25, 0.3) is 5.91 Å². The summed E-state index contributed by atoms with van der Waals surface area (Å²) in [7, 11) is 0. The number of fused-ring (bicyclic) bond motifs is 1. The molecule has 0 saturated heterocycles. The van der Waals surface area contributed by atoms with Crippen molar-refractivity contribution in [2.24, 2.45) is 0 Å². The number of carbonyl (C=O) groups is 1. The van der Waals surface area contributed by atoms with Crippen molar-refractivity contribution >= 4 is 22.5 Å². The van der Waals surface area contributed by atoms with E-state index < -0.39 is 11.9 Å². The zero-order chi connectivity index (χ0) is 19.7. The third kappa shape index (κ3) is 3.41. The van der Waals surface area contributed by atoms with E-state index >= 15 is 0 Å². The molecule has 0 atom stereocenters. The fraction of sp³-hybridized carbons (Fsp3) is 0.0526. The first-order valence-electron chi connectivity index (χ1n) is 8.13. The number of alkyl halides is 3. The molecule has 6 nitrogen and oxygen atoms in total. The van der Waals surface area contributed by atoms with E-state index in [4.69, 9.17) is 0 Å². The Morgan fingerprint density at radius 2 is 1.79 bits per heavy atom. The molecule has 4 rings (SSSR count). The van der Waals surface area contributed by atoms with Gasteiger partial charge in [-0.2, -0.15) is 13.2 Å². The molecule has 0 spiro atoms. The van der Waals surface area contributed by atoms with E-state index in [-0.39, 0.29) is 5.91 Å². The highest BCUT2D eigenvalue weighted by Gasteiger charge is 2.32. The number of benzene rings is 1. The first-order valence-corrected chi connectivity index (χ1v) is 8.13. The molecule has 9 heteroatoms. The van der Waals surface area contributed by atoms with Gasteiger partial charge >= 0.3 is 6.18 Å². The Morgan fingerprint density at radius 3 is 2.46 bits per heavy atom. The standard InChI is InChI=1S/C19H12F3N5O/c20-19(21,22)17-4-2-15(10-25-17)27-6-5-12-7-14(1-3-16(12)27)26-18(28)13-8-23-11-24-9-13/h1-11H,(H,26,28). The summed E-state index contributed by atoms with van der Waals surface area (Å²) in [5, 5.41) is 3.57. The maximum absolute atomic E-state index is 12.7. The molecule has 0 aliphatic heterocycles. The predicted octanol–water partition coefficient (Wildman–Crippen LogP) is 4.09. The average Bonchev–Trinajstić information content (AvgIpc) is 3.11. The van der Waals surface area contributed by atoms with E-state index in [1.165, 1.54) is 31.0 Å². The van der Waals surface area contributed by atoms with Gasteiger partial charge in [-0.25, -0.2) is 15.0 Å². The van der Waals surface area contributed by atoms with Gasteiger partial charge in [0.2, 0.25) is 0 Å². The number of halogens is 3. The highest BCUT2D eigenvalue weighted by Crippen LogP contribution is 2.29. The number of nitrogens with zero attached hydrogens (tertiary/aromatic N) is 4. The van der Waals surface area contributed by atoms with Gasteiger partial charge in [-0.05, 0) is 36.4 Å². The lowest BCUT2D eigenvalue weighted by Gasteiger charge is -2.09. The molecule has 0 aliphatic rings. The molecule has 4 aromatic rings. The molecule has 0 unspecified atom stereocenters. The Kier molecular flexibility index (Phi) is 4.26. The largest absolute Gasteiger partial charge is 0.433 e. The van der Waals surface area contributed by atoms with Crippen LogP contribution in [0, 0.1) is 0 Å². The van der Waals surface area contributed by atoms with E-state index in [1.54, 1.807) is 35.0 Å². The molecule has 1 amide bonds. The quantitative estimate of drug-likeness (QED) is 0.578. The van der Waals surface area contributed by atoms with Crippen molar-refractivity contribution in [1.82, 2.24) is 19.5 Å². The smallest absolute Gasteiger partial charge is 0.322 e. The van der Waals surface area contributed by atoms with Crippen LogP contribution >= 0.6 is 0 Å². The maximum Gasteiger partial charge on any atom is 0.433 e. The summed E-state index contributed by atoms with van der Waals surface area (Å²) in [5.41, 5.74) is 1.23. The second-order valence-corrected chi connectivity index (χ2v) is 5.94. The number of amides is 1. The van der Waals surface area contributed by atoms with Crippen LogP contribution in [0.5, 0.6) is 0 Å². The molecule has 0 fully saturated rings. The number of nitrogens with one attached hydrogen (secondary N) is 1. The van der Waals surface area contributed by atoms with Crippen molar-refractivity contribution in [3.63, 3.8) is 0 Å². The minimum atomic E-state index is -4.48. The second kappa shape index (κ2) is 6.76. The zero-order valence-corrected chi connectivity index (χ0v) is 14.2. The molecule has 0 saturated carbocycles. The first kappa shape index (κ1) is 17.7. The van der Waals surface area contributed by atoms with Crippen LogP contribution in [0.1, 0.15) is 16.1 Å². The van der Waals surface area contributed by atoms with E-state index in [2.05, 4.69) is 20.3 Å². The molecule has 1 N–H and O–H groups in total. The number of rotatable bonds is 3. The number of hydrogen-bond acceptors (Lipinski definition) is 4. The lowest BCUT2D eigenvalue weighted by atomic mass is 10.2. The van der Waals surface area contributed by atoms with Crippen molar-refractivity contribution in [2.75, 3.05) is 5.32 Å². The van der Waals surface area contributed by atoms with Crippen molar-refractivity contribution in [3.8, 4) is 5.69 Å². The van der Waals surface area contributed by atoms with Crippen molar-refractivity contribution in [3.05, 3.63) is 78.8 Å². The summed E-state index contributed by atoms with van der Waals surface area (Å²) in [6.07, 6.45) is 2.58. The molecular weight excluding hydrogens is 371 g/mol. The third-order valence-electron chi connectivity index (χ3n) is 4.09. The summed E-state index contributed by atoms with van der Waals surface area (Å²) in [5.74, 6) is -0.341. The molecule has 0 aliphatic carbocycles. The Labute approximate surface area is 156 Å². The van der Waals surface area contributed by atoms with Crippen molar-refractivity contribution < 1.29 is 18.0 Å². The molecule has 1 aromatic carbocycles. The summed E-state index contributed by atoms with van der Waals surface area (Å²) >= 11 is 0. The fourth-order valence-corrected chi connectivity index (χ4v) is 2.76. The van der Waals surface area contributed by atoms with Crippen molar-refractivity contribution in [1.29, 1.82) is 0 Å². The van der Waals surface area contributed by atoms with Gasteiger partial charge in [0.15, 0.2) is 0 Å². The summed E-state index contributed by atoms with van der Waals surface area (Å²) in [4.78, 5) is 23.3. The molecule has 3 aromatic heterocycles. The van der Waals surface area contributed by atoms with E-state index in [0.717, 1.165) is 17.0 Å². The monoisotopic (exact) mass is 383 g/mol. The van der Waals surface area contributed by atoms with Crippen LogP contribution in [-0.2, 0) is 6.18 Å². The first-order chi connectivity index (χ1) is 13.4. The third-order valence-corrected chi connectivity index (χ3v) is 4.09. The molecule has 0 radical (unpaired) electrons. The van der Waals surface area contributed by atoms with E-state index in [1.807, 2.05) is 0 Å². The molecular formula is C19H12F3N5O. The molecule has 3 heterocycles. The Balaban J connectivity index is 1.61. The van der Waals surface area contributed by atoms with E-state index in [0.29, 0.717) is 16.9 Å². The van der Waals surface area contributed by atoms with Gasteiger partial charge in [-0.15, -0.1) is 0 Å². The highest BCUT2D eigenvalue weighted by molar-refractivity contribution is 6.04. The lowest BCUT2D eigenvalue weighted by molar-refractivity contribution is -0.141. The molecule has 28 heavy (non-hydrogen) atoms. The van der Waals surface area contributed by atoms with Crippen molar-refractivity contribution in [2.45, 2.75) is 6.18 Å².